The van der Waals surface area contributed by atoms with Gasteiger partial charge in [-0.15, -0.1) is 0 Å². The summed E-state index contributed by atoms with van der Waals surface area (Å²) in [4.78, 5) is 0. The Balaban J connectivity index is 2.33. The lowest BCUT2D eigenvalue weighted by atomic mass is 10.0. The molecule has 90 valence electrons. The maximum Gasteiger partial charge on any atom is 0.0512 e. The fraction of sp³-hybridized carbons (Fsp3) is 0.571. The fourth-order valence-electron chi connectivity index (χ4n) is 1.86. The molecular formula is C14H23NO. The van der Waals surface area contributed by atoms with Gasteiger partial charge in [-0.25, -0.2) is 0 Å². The molecule has 0 spiro atoms. The third-order valence-electron chi connectivity index (χ3n) is 2.80. The molecule has 0 saturated heterocycles. The molecule has 2 N–H and O–H groups in total. The van der Waals surface area contributed by atoms with Gasteiger partial charge in [0, 0.05) is 6.04 Å². The monoisotopic (exact) mass is 221 g/mol. The van der Waals surface area contributed by atoms with E-state index in [4.69, 9.17) is 5.11 Å². The maximum atomic E-state index is 9.16. The normalized spacial score (nSPS) is 14.7. The fourth-order valence-corrected chi connectivity index (χ4v) is 1.86. The van der Waals surface area contributed by atoms with Gasteiger partial charge in [0.15, 0.2) is 0 Å². The van der Waals surface area contributed by atoms with Crippen LogP contribution in [-0.4, -0.2) is 17.8 Å². The maximum absolute atomic E-state index is 9.16. The first-order chi connectivity index (χ1) is 7.74. The molecule has 0 fully saturated rings. The lowest BCUT2D eigenvalue weighted by Gasteiger charge is -2.17. The number of rotatable bonds is 7. The van der Waals surface area contributed by atoms with Crippen LogP contribution in [0.5, 0.6) is 0 Å². The molecule has 0 bridgehead atoms. The summed E-state index contributed by atoms with van der Waals surface area (Å²) in [6.07, 6.45) is 2.82. The van der Waals surface area contributed by atoms with E-state index >= 15 is 0 Å². The van der Waals surface area contributed by atoms with E-state index in [1.165, 1.54) is 5.56 Å². The van der Waals surface area contributed by atoms with Gasteiger partial charge in [0.1, 0.15) is 0 Å². The van der Waals surface area contributed by atoms with E-state index in [9.17, 15) is 0 Å². The van der Waals surface area contributed by atoms with Crippen LogP contribution in [-0.2, 0) is 0 Å². The minimum atomic E-state index is -0.182. The first-order valence-corrected chi connectivity index (χ1v) is 6.20. The molecule has 2 unspecified atom stereocenters. The highest BCUT2D eigenvalue weighted by Gasteiger charge is 2.07. The molecule has 0 heterocycles. The lowest BCUT2D eigenvalue weighted by molar-refractivity contribution is 0.181. The van der Waals surface area contributed by atoms with Gasteiger partial charge in [-0.2, -0.15) is 0 Å². The van der Waals surface area contributed by atoms with E-state index in [-0.39, 0.29) is 6.10 Å². The largest absolute Gasteiger partial charge is 0.393 e. The van der Waals surface area contributed by atoms with Crippen LogP contribution < -0.4 is 5.32 Å². The summed E-state index contributed by atoms with van der Waals surface area (Å²) in [6, 6.07) is 11.0. The van der Waals surface area contributed by atoms with E-state index in [0.29, 0.717) is 6.04 Å². The van der Waals surface area contributed by atoms with Crippen LogP contribution in [0.25, 0.3) is 0 Å². The van der Waals surface area contributed by atoms with Crippen LogP contribution in [0.2, 0.25) is 0 Å². The Hall–Kier alpha value is -0.860. The van der Waals surface area contributed by atoms with Gasteiger partial charge >= 0.3 is 0 Å². The number of hydrogen-bond donors (Lipinski definition) is 2. The average Bonchev–Trinajstić information content (AvgIpc) is 2.30. The standard InChI is InChI=1S/C14H23NO/c1-3-14(13-9-5-4-6-10-13)15-11-7-8-12(2)16/h4-6,9-10,12,14-16H,3,7-8,11H2,1-2H3. The highest BCUT2D eigenvalue weighted by molar-refractivity contribution is 5.18. The summed E-state index contributed by atoms with van der Waals surface area (Å²) in [5.74, 6) is 0. The summed E-state index contributed by atoms with van der Waals surface area (Å²) < 4.78 is 0. The van der Waals surface area contributed by atoms with Gasteiger partial charge in [-0.1, -0.05) is 37.3 Å². The second-order valence-corrected chi connectivity index (χ2v) is 4.32. The molecule has 0 radical (unpaired) electrons. The third-order valence-corrected chi connectivity index (χ3v) is 2.80. The smallest absolute Gasteiger partial charge is 0.0512 e. The lowest BCUT2D eigenvalue weighted by Crippen LogP contribution is -2.22. The zero-order valence-corrected chi connectivity index (χ0v) is 10.3. The summed E-state index contributed by atoms with van der Waals surface area (Å²) >= 11 is 0. The van der Waals surface area contributed by atoms with Crippen LogP contribution >= 0.6 is 0 Å². The summed E-state index contributed by atoms with van der Waals surface area (Å²) in [5.41, 5.74) is 1.35. The van der Waals surface area contributed by atoms with Crippen molar-refractivity contribution in [3.8, 4) is 0 Å². The van der Waals surface area contributed by atoms with E-state index < -0.39 is 0 Å². The third kappa shape index (κ3) is 4.77. The molecule has 1 rings (SSSR count). The summed E-state index contributed by atoms with van der Waals surface area (Å²) in [5, 5.41) is 12.7. The van der Waals surface area contributed by atoms with Crippen LogP contribution in [0.4, 0.5) is 0 Å². The van der Waals surface area contributed by atoms with Crippen LogP contribution in [0.15, 0.2) is 30.3 Å². The minimum Gasteiger partial charge on any atom is -0.393 e. The Kier molecular flexibility index (Phi) is 6.12. The molecule has 0 aliphatic carbocycles. The number of aliphatic hydroxyl groups is 1. The quantitative estimate of drug-likeness (QED) is 0.694. The van der Waals surface area contributed by atoms with Crippen LogP contribution in [0.3, 0.4) is 0 Å². The van der Waals surface area contributed by atoms with Gasteiger partial charge < -0.3 is 10.4 Å². The number of benzene rings is 1. The molecule has 0 aromatic heterocycles. The topological polar surface area (TPSA) is 32.3 Å². The van der Waals surface area contributed by atoms with Crippen LogP contribution in [0.1, 0.15) is 44.7 Å². The first-order valence-electron chi connectivity index (χ1n) is 6.20. The highest BCUT2D eigenvalue weighted by Crippen LogP contribution is 2.15. The molecule has 0 amide bonds. The molecule has 0 aliphatic rings. The minimum absolute atomic E-state index is 0.182. The Morgan fingerprint density at radius 3 is 2.50 bits per heavy atom. The molecule has 1 aromatic rings. The van der Waals surface area contributed by atoms with E-state index in [1.807, 2.05) is 13.0 Å². The molecule has 2 atom stereocenters. The van der Waals surface area contributed by atoms with Crippen LogP contribution in [0, 0.1) is 0 Å². The Morgan fingerprint density at radius 2 is 1.94 bits per heavy atom. The van der Waals surface area contributed by atoms with Crippen molar-refractivity contribution in [2.45, 2.75) is 45.3 Å². The highest BCUT2D eigenvalue weighted by atomic mass is 16.3. The number of hydrogen-bond acceptors (Lipinski definition) is 2. The Morgan fingerprint density at radius 1 is 1.25 bits per heavy atom. The van der Waals surface area contributed by atoms with Crippen molar-refractivity contribution in [1.29, 1.82) is 0 Å². The summed E-state index contributed by atoms with van der Waals surface area (Å²) in [6.45, 7) is 5.01. The number of nitrogens with one attached hydrogen (secondary N) is 1. The number of aliphatic hydroxyl groups excluding tert-OH is 1. The molecule has 1 aromatic carbocycles. The van der Waals surface area contributed by atoms with Gasteiger partial charge in [0.25, 0.3) is 0 Å². The van der Waals surface area contributed by atoms with Gasteiger partial charge in [-0.05, 0) is 38.3 Å². The molecular weight excluding hydrogens is 198 g/mol. The summed E-state index contributed by atoms with van der Waals surface area (Å²) in [7, 11) is 0. The SMILES string of the molecule is CCC(NCCCC(C)O)c1ccccc1. The zero-order chi connectivity index (χ0) is 11.8. The van der Waals surface area contributed by atoms with E-state index in [2.05, 4.69) is 36.5 Å². The van der Waals surface area contributed by atoms with Crippen molar-refractivity contribution < 1.29 is 5.11 Å². The van der Waals surface area contributed by atoms with E-state index in [0.717, 1.165) is 25.8 Å². The molecule has 0 saturated carbocycles. The second-order valence-electron chi connectivity index (χ2n) is 4.32. The molecule has 0 aliphatic heterocycles. The van der Waals surface area contributed by atoms with Crippen molar-refractivity contribution in [3.05, 3.63) is 35.9 Å². The molecule has 16 heavy (non-hydrogen) atoms. The van der Waals surface area contributed by atoms with Crippen molar-refractivity contribution >= 4 is 0 Å². The van der Waals surface area contributed by atoms with Gasteiger partial charge in [0.2, 0.25) is 0 Å². The zero-order valence-electron chi connectivity index (χ0n) is 10.3. The second kappa shape index (κ2) is 7.42. The van der Waals surface area contributed by atoms with Crippen molar-refractivity contribution in [1.82, 2.24) is 5.32 Å². The van der Waals surface area contributed by atoms with Crippen molar-refractivity contribution in [2.75, 3.05) is 6.54 Å². The van der Waals surface area contributed by atoms with Crippen molar-refractivity contribution in [3.63, 3.8) is 0 Å². The molecule has 2 heteroatoms. The average molecular weight is 221 g/mol. The molecule has 2 nitrogen and oxygen atoms in total. The van der Waals surface area contributed by atoms with Crippen molar-refractivity contribution in [2.24, 2.45) is 0 Å². The van der Waals surface area contributed by atoms with E-state index in [1.54, 1.807) is 0 Å². The predicted octanol–water partition coefficient (Wildman–Crippen LogP) is 2.89. The Labute approximate surface area is 98.7 Å². The predicted molar refractivity (Wildman–Crippen MR) is 68.4 cm³/mol. The van der Waals surface area contributed by atoms with Gasteiger partial charge in [-0.3, -0.25) is 0 Å². The van der Waals surface area contributed by atoms with Gasteiger partial charge in [0.05, 0.1) is 6.10 Å². The first kappa shape index (κ1) is 13.2. The Bertz CT molecular complexity index is 271.